The minimum atomic E-state index is -0.0151. The molecule has 0 atom stereocenters. The molecular formula is C14H23N3O. The van der Waals surface area contributed by atoms with Gasteiger partial charge < -0.3 is 10.2 Å². The number of carbonyl (C=O) groups is 1. The number of hydrogen-bond acceptors (Lipinski definition) is 3. The Bertz CT molecular complexity index is 373. The first-order valence-corrected chi connectivity index (χ1v) is 6.50. The van der Waals surface area contributed by atoms with Gasteiger partial charge in [0.1, 0.15) is 5.69 Å². The summed E-state index contributed by atoms with van der Waals surface area (Å²) < 4.78 is 0. The van der Waals surface area contributed by atoms with Crippen LogP contribution in [0.15, 0.2) is 18.3 Å². The second-order valence-electron chi connectivity index (χ2n) is 4.87. The number of pyridine rings is 1. The van der Waals surface area contributed by atoms with E-state index in [-0.39, 0.29) is 5.91 Å². The SMILES string of the molecule is CCNc1ccc(C(=O)N(C)CCC(C)C)nc1. The molecule has 0 aliphatic rings. The summed E-state index contributed by atoms with van der Waals surface area (Å²) in [6, 6.07) is 3.66. The number of carbonyl (C=O) groups excluding carboxylic acids is 1. The molecule has 4 heteroatoms. The summed E-state index contributed by atoms with van der Waals surface area (Å²) in [5, 5.41) is 3.16. The van der Waals surface area contributed by atoms with E-state index >= 15 is 0 Å². The molecule has 0 saturated carbocycles. The highest BCUT2D eigenvalue weighted by Crippen LogP contribution is 2.08. The molecule has 0 fully saturated rings. The maximum Gasteiger partial charge on any atom is 0.272 e. The summed E-state index contributed by atoms with van der Waals surface area (Å²) >= 11 is 0. The highest BCUT2D eigenvalue weighted by Gasteiger charge is 2.12. The van der Waals surface area contributed by atoms with E-state index in [0.29, 0.717) is 11.6 Å². The fourth-order valence-electron chi connectivity index (χ4n) is 1.58. The van der Waals surface area contributed by atoms with Crippen molar-refractivity contribution >= 4 is 11.6 Å². The Labute approximate surface area is 109 Å². The molecular weight excluding hydrogens is 226 g/mol. The lowest BCUT2D eigenvalue weighted by Crippen LogP contribution is -2.29. The van der Waals surface area contributed by atoms with Crippen molar-refractivity contribution in [2.75, 3.05) is 25.5 Å². The molecule has 100 valence electrons. The van der Waals surface area contributed by atoms with Crippen LogP contribution in [0.2, 0.25) is 0 Å². The maximum atomic E-state index is 12.1. The second kappa shape index (κ2) is 6.99. The van der Waals surface area contributed by atoms with Gasteiger partial charge >= 0.3 is 0 Å². The third-order valence-corrected chi connectivity index (χ3v) is 2.75. The van der Waals surface area contributed by atoms with Crippen LogP contribution < -0.4 is 5.32 Å². The van der Waals surface area contributed by atoms with E-state index in [1.165, 1.54) is 0 Å². The number of anilines is 1. The molecule has 0 unspecified atom stereocenters. The number of nitrogens with zero attached hydrogens (tertiary/aromatic N) is 2. The summed E-state index contributed by atoms with van der Waals surface area (Å²) in [5.74, 6) is 0.586. The summed E-state index contributed by atoms with van der Waals surface area (Å²) in [6.07, 6.45) is 2.71. The summed E-state index contributed by atoms with van der Waals surface area (Å²) in [5.41, 5.74) is 1.45. The van der Waals surface area contributed by atoms with Crippen LogP contribution >= 0.6 is 0 Å². The zero-order valence-corrected chi connectivity index (χ0v) is 11.7. The van der Waals surface area contributed by atoms with Crippen LogP contribution in [0.5, 0.6) is 0 Å². The van der Waals surface area contributed by atoms with Crippen molar-refractivity contribution in [1.29, 1.82) is 0 Å². The molecule has 0 aliphatic carbocycles. The Hall–Kier alpha value is -1.58. The van der Waals surface area contributed by atoms with Gasteiger partial charge in [-0.05, 0) is 31.4 Å². The predicted octanol–water partition coefficient (Wildman–Crippen LogP) is 2.63. The van der Waals surface area contributed by atoms with Crippen molar-refractivity contribution in [1.82, 2.24) is 9.88 Å². The molecule has 0 aromatic carbocycles. The molecule has 1 heterocycles. The molecule has 18 heavy (non-hydrogen) atoms. The molecule has 1 N–H and O–H groups in total. The van der Waals surface area contributed by atoms with E-state index in [1.807, 2.05) is 20.0 Å². The number of aromatic nitrogens is 1. The van der Waals surface area contributed by atoms with Crippen molar-refractivity contribution in [2.45, 2.75) is 27.2 Å². The molecule has 1 aromatic rings. The minimum Gasteiger partial charge on any atom is -0.384 e. The van der Waals surface area contributed by atoms with Gasteiger partial charge in [-0.25, -0.2) is 4.98 Å². The zero-order chi connectivity index (χ0) is 13.5. The van der Waals surface area contributed by atoms with E-state index in [1.54, 1.807) is 17.2 Å². The first kappa shape index (κ1) is 14.5. The van der Waals surface area contributed by atoms with Crippen LogP contribution in [0.25, 0.3) is 0 Å². The van der Waals surface area contributed by atoms with Crippen molar-refractivity contribution in [3.8, 4) is 0 Å². The van der Waals surface area contributed by atoms with E-state index in [0.717, 1.165) is 25.2 Å². The average molecular weight is 249 g/mol. The summed E-state index contributed by atoms with van der Waals surface area (Å²) in [7, 11) is 1.82. The predicted molar refractivity (Wildman–Crippen MR) is 74.8 cm³/mol. The number of amides is 1. The van der Waals surface area contributed by atoms with Gasteiger partial charge in [0.25, 0.3) is 5.91 Å². The smallest absolute Gasteiger partial charge is 0.272 e. The van der Waals surface area contributed by atoms with Gasteiger partial charge in [0.2, 0.25) is 0 Å². The molecule has 1 amide bonds. The van der Waals surface area contributed by atoms with Crippen LogP contribution in [0.1, 0.15) is 37.7 Å². The van der Waals surface area contributed by atoms with E-state index < -0.39 is 0 Å². The monoisotopic (exact) mass is 249 g/mol. The van der Waals surface area contributed by atoms with Crippen molar-refractivity contribution in [3.63, 3.8) is 0 Å². The van der Waals surface area contributed by atoms with Crippen molar-refractivity contribution in [2.24, 2.45) is 5.92 Å². The Morgan fingerprint density at radius 3 is 2.67 bits per heavy atom. The number of nitrogens with one attached hydrogen (secondary N) is 1. The minimum absolute atomic E-state index is 0.0151. The Morgan fingerprint density at radius 2 is 2.17 bits per heavy atom. The second-order valence-corrected chi connectivity index (χ2v) is 4.87. The average Bonchev–Trinajstić information content (AvgIpc) is 2.36. The fourth-order valence-corrected chi connectivity index (χ4v) is 1.58. The van der Waals surface area contributed by atoms with Gasteiger partial charge in [0.15, 0.2) is 0 Å². The summed E-state index contributed by atoms with van der Waals surface area (Å²) in [4.78, 5) is 18.0. The highest BCUT2D eigenvalue weighted by molar-refractivity contribution is 5.92. The van der Waals surface area contributed by atoms with Crippen LogP contribution in [-0.2, 0) is 0 Å². The van der Waals surface area contributed by atoms with Crippen LogP contribution in [0, 0.1) is 5.92 Å². The lowest BCUT2D eigenvalue weighted by atomic mass is 10.1. The third-order valence-electron chi connectivity index (χ3n) is 2.75. The van der Waals surface area contributed by atoms with Crippen molar-refractivity contribution in [3.05, 3.63) is 24.0 Å². The highest BCUT2D eigenvalue weighted by atomic mass is 16.2. The molecule has 0 aliphatic heterocycles. The standard InChI is InChI=1S/C14H23N3O/c1-5-15-12-6-7-13(16-10-12)14(18)17(4)9-8-11(2)3/h6-7,10-11,15H,5,8-9H2,1-4H3. The molecule has 0 spiro atoms. The quantitative estimate of drug-likeness (QED) is 0.843. The molecule has 0 bridgehead atoms. The van der Waals surface area contributed by atoms with Gasteiger partial charge in [0.05, 0.1) is 11.9 Å². The molecule has 1 rings (SSSR count). The van der Waals surface area contributed by atoms with E-state index in [4.69, 9.17) is 0 Å². The maximum absolute atomic E-state index is 12.1. The van der Waals surface area contributed by atoms with Gasteiger partial charge in [-0.1, -0.05) is 13.8 Å². The first-order chi connectivity index (χ1) is 8.54. The van der Waals surface area contributed by atoms with Crippen molar-refractivity contribution < 1.29 is 4.79 Å². The molecule has 1 aromatic heterocycles. The normalized spacial score (nSPS) is 10.5. The van der Waals surface area contributed by atoms with Gasteiger partial charge in [-0.2, -0.15) is 0 Å². The molecule has 0 saturated heterocycles. The lowest BCUT2D eigenvalue weighted by molar-refractivity contribution is 0.0783. The first-order valence-electron chi connectivity index (χ1n) is 6.50. The summed E-state index contributed by atoms with van der Waals surface area (Å²) in [6.45, 7) is 7.96. The largest absolute Gasteiger partial charge is 0.384 e. The molecule has 0 radical (unpaired) electrons. The topological polar surface area (TPSA) is 45.2 Å². The van der Waals surface area contributed by atoms with Gasteiger partial charge in [-0.3, -0.25) is 4.79 Å². The van der Waals surface area contributed by atoms with Crippen LogP contribution in [0.3, 0.4) is 0 Å². The lowest BCUT2D eigenvalue weighted by Gasteiger charge is -2.17. The van der Waals surface area contributed by atoms with E-state index in [9.17, 15) is 4.79 Å². The fraction of sp³-hybridized carbons (Fsp3) is 0.571. The Balaban J connectivity index is 2.60. The van der Waals surface area contributed by atoms with Gasteiger partial charge in [-0.15, -0.1) is 0 Å². The van der Waals surface area contributed by atoms with Gasteiger partial charge in [0, 0.05) is 20.1 Å². The molecule has 4 nitrogen and oxygen atoms in total. The Kier molecular flexibility index (Phi) is 5.62. The number of rotatable bonds is 6. The Morgan fingerprint density at radius 1 is 1.44 bits per heavy atom. The van der Waals surface area contributed by atoms with E-state index in [2.05, 4.69) is 24.1 Å². The zero-order valence-electron chi connectivity index (χ0n) is 11.7. The van der Waals surface area contributed by atoms with Crippen LogP contribution in [0.4, 0.5) is 5.69 Å². The third kappa shape index (κ3) is 4.35. The van der Waals surface area contributed by atoms with Crippen LogP contribution in [-0.4, -0.2) is 35.9 Å². The number of hydrogen-bond donors (Lipinski definition) is 1.